The average molecular weight is 305 g/mol. The number of aryl methyl sites for hydroxylation is 1. The molecule has 1 aromatic rings. The van der Waals surface area contributed by atoms with Gasteiger partial charge in [0.2, 0.25) is 0 Å². The first-order chi connectivity index (χ1) is 10.6. The van der Waals surface area contributed by atoms with Crippen molar-refractivity contribution < 1.29 is 19.4 Å². The number of benzene rings is 1. The molecule has 1 fully saturated rings. The van der Waals surface area contributed by atoms with Crippen LogP contribution in [0.3, 0.4) is 0 Å². The molecule has 0 atom stereocenters. The minimum Gasteiger partial charge on any atom is -0.507 e. The van der Waals surface area contributed by atoms with Crippen LogP contribution < -0.4 is 0 Å². The fourth-order valence-corrected chi connectivity index (χ4v) is 2.61. The number of nitrogens with zero attached hydrogens (tertiary/aromatic N) is 1. The van der Waals surface area contributed by atoms with Gasteiger partial charge >= 0.3 is 5.97 Å². The second kappa shape index (κ2) is 7.82. The molecule has 0 bridgehead atoms. The van der Waals surface area contributed by atoms with E-state index in [-0.39, 0.29) is 23.8 Å². The summed E-state index contributed by atoms with van der Waals surface area (Å²) < 4.78 is 5.05. The summed E-state index contributed by atoms with van der Waals surface area (Å²) in [6, 6.07) is 4.72. The van der Waals surface area contributed by atoms with E-state index in [9.17, 15) is 14.7 Å². The van der Waals surface area contributed by atoms with Crippen LogP contribution in [0.15, 0.2) is 18.2 Å². The van der Waals surface area contributed by atoms with E-state index < -0.39 is 5.97 Å². The third-order valence-corrected chi connectivity index (χ3v) is 3.91. The van der Waals surface area contributed by atoms with Gasteiger partial charge < -0.3 is 14.7 Å². The standard InChI is InChI=1S/C17H23NO4/c1-13-7-8-14(15(19)11-13)17(21)22-12-16(20)18-9-5-3-2-4-6-10-18/h7-8,11,19H,2-6,9-10,12H2,1H3. The first-order valence-corrected chi connectivity index (χ1v) is 7.82. The van der Waals surface area contributed by atoms with E-state index in [0.29, 0.717) is 0 Å². The molecule has 2 rings (SSSR count). The van der Waals surface area contributed by atoms with Gasteiger partial charge in [0.05, 0.1) is 0 Å². The van der Waals surface area contributed by atoms with E-state index in [0.717, 1.165) is 44.3 Å². The van der Waals surface area contributed by atoms with E-state index in [1.165, 1.54) is 18.6 Å². The van der Waals surface area contributed by atoms with Gasteiger partial charge in [-0.3, -0.25) is 4.79 Å². The average Bonchev–Trinajstić information content (AvgIpc) is 2.44. The number of likely N-dealkylation sites (tertiary alicyclic amines) is 1. The summed E-state index contributed by atoms with van der Waals surface area (Å²) >= 11 is 0. The number of phenolic OH excluding ortho intramolecular Hbond substituents is 1. The molecule has 5 heteroatoms. The summed E-state index contributed by atoms with van der Waals surface area (Å²) in [6.45, 7) is 3.00. The van der Waals surface area contributed by atoms with Gasteiger partial charge in [0.1, 0.15) is 11.3 Å². The molecule has 0 aromatic heterocycles. The number of carbonyl (C=O) groups excluding carboxylic acids is 2. The Morgan fingerprint density at radius 2 is 1.77 bits per heavy atom. The van der Waals surface area contributed by atoms with Crippen LogP contribution in [0.25, 0.3) is 0 Å². The van der Waals surface area contributed by atoms with Gasteiger partial charge in [-0.15, -0.1) is 0 Å². The van der Waals surface area contributed by atoms with Crippen LogP contribution in [0.4, 0.5) is 0 Å². The molecular formula is C17H23NO4. The largest absolute Gasteiger partial charge is 0.507 e. The highest BCUT2D eigenvalue weighted by Gasteiger charge is 2.18. The normalized spacial score (nSPS) is 15.8. The molecule has 1 aliphatic heterocycles. The Hall–Kier alpha value is -2.04. The van der Waals surface area contributed by atoms with Gasteiger partial charge in [0.15, 0.2) is 6.61 Å². The molecule has 1 saturated heterocycles. The zero-order valence-corrected chi connectivity index (χ0v) is 13.0. The van der Waals surface area contributed by atoms with Gasteiger partial charge in [-0.2, -0.15) is 0 Å². The lowest BCUT2D eigenvalue weighted by Gasteiger charge is -2.24. The summed E-state index contributed by atoms with van der Waals surface area (Å²) in [5, 5.41) is 9.75. The van der Waals surface area contributed by atoms with Gasteiger partial charge in [-0.05, 0) is 37.5 Å². The molecule has 120 valence electrons. The van der Waals surface area contributed by atoms with E-state index in [1.807, 2.05) is 6.92 Å². The van der Waals surface area contributed by atoms with Crippen LogP contribution in [-0.4, -0.2) is 41.6 Å². The highest BCUT2D eigenvalue weighted by atomic mass is 16.5. The molecule has 0 radical (unpaired) electrons. The summed E-state index contributed by atoms with van der Waals surface area (Å²) in [4.78, 5) is 25.8. The molecule has 1 N–H and O–H groups in total. The molecule has 5 nitrogen and oxygen atoms in total. The van der Waals surface area contributed by atoms with Gasteiger partial charge in [0, 0.05) is 13.1 Å². The molecule has 22 heavy (non-hydrogen) atoms. The number of hydrogen-bond donors (Lipinski definition) is 1. The van der Waals surface area contributed by atoms with Crippen LogP contribution >= 0.6 is 0 Å². The lowest BCUT2D eigenvalue weighted by atomic mass is 10.1. The Balaban J connectivity index is 1.88. The highest BCUT2D eigenvalue weighted by molar-refractivity contribution is 5.93. The number of carbonyl (C=O) groups is 2. The van der Waals surface area contributed by atoms with Crippen molar-refractivity contribution in [2.75, 3.05) is 19.7 Å². The molecule has 0 unspecified atom stereocenters. The number of phenols is 1. The predicted octanol–water partition coefficient (Wildman–Crippen LogP) is 2.65. The Kier molecular flexibility index (Phi) is 5.81. The lowest BCUT2D eigenvalue weighted by molar-refractivity contribution is -0.134. The smallest absolute Gasteiger partial charge is 0.342 e. The van der Waals surface area contributed by atoms with Crippen molar-refractivity contribution in [1.82, 2.24) is 4.90 Å². The molecular weight excluding hydrogens is 282 g/mol. The van der Waals surface area contributed by atoms with Crippen molar-refractivity contribution in [1.29, 1.82) is 0 Å². The summed E-state index contributed by atoms with van der Waals surface area (Å²) in [6.07, 6.45) is 5.50. The summed E-state index contributed by atoms with van der Waals surface area (Å²) in [7, 11) is 0. The van der Waals surface area contributed by atoms with Crippen LogP contribution in [-0.2, 0) is 9.53 Å². The van der Waals surface area contributed by atoms with Crippen molar-refractivity contribution >= 4 is 11.9 Å². The third kappa shape index (κ3) is 4.48. The maximum atomic E-state index is 12.1. The molecule has 0 spiro atoms. The molecule has 0 saturated carbocycles. The number of amides is 1. The van der Waals surface area contributed by atoms with Crippen LogP contribution in [0, 0.1) is 6.92 Å². The second-order valence-corrected chi connectivity index (χ2v) is 5.75. The fraction of sp³-hybridized carbons (Fsp3) is 0.529. The number of aromatic hydroxyl groups is 1. The monoisotopic (exact) mass is 305 g/mol. The minimum absolute atomic E-state index is 0.0890. The maximum Gasteiger partial charge on any atom is 0.342 e. The molecule has 1 aromatic carbocycles. The Morgan fingerprint density at radius 3 is 2.41 bits per heavy atom. The lowest BCUT2D eigenvalue weighted by Crippen LogP contribution is -2.36. The van der Waals surface area contributed by atoms with Crippen molar-refractivity contribution in [3.05, 3.63) is 29.3 Å². The van der Waals surface area contributed by atoms with E-state index >= 15 is 0 Å². The highest BCUT2D eigenvalue weighted by Crippen LogP contribution is 2.19. The predicted molar refractivity (Wildman–Crippen MR) is 82.8 cm³/mol. The van der Waals surface area contributed by atoms with Gasteiger partial charge in [0.25, 0.3) is 5.91 Å². The first-order valence-electron chi connectivity index (χ1n) is 7.82. The topological polar surface area (TPSA) is 66.8 Å². The van der Waals surface area contributed by atoms with Crippen LogP contribution in [0.2, 0.25) is 0 Å². The Morgan fingerprint density at radius 1 is 1.14 bits per heavy atom. The number of ether oxygens (including phenoxy) is 1. The maximum absolute atomic E-state index is 12.1. The zero-order valence-electron chi connectivity index (χ0n) is 13.0. The first kappa shape index (κ1) is 16.3. The van der Waals surface area contributed by atoms with E-state index in [1.54, 1.807) is 11.0 Å². The van der Waals surface area contributed by atoms with Crippen molar-refractivity contribution in [3.8, 4) is 5.75 Å². The molecule has 1 amide bonds. The molecule has 0 aliphatic carbocycles. The summed E-state index contributed by atoms with van der Waals surface area (Å²) in [5.41, 5.74) is 0.942. The number of hydrogen-bond acceptors (Lipinski definition) is 4. The van der Waals surface area contributed by atoms with Crippen LogP contribution in [0.1, 0.15) is 48.0 Å². The second-order valence-electron chi connectivity index (χ2n) is 5.75. The Bertz CT molecular complexity index is 533. The van der Waals surface area contributed by atoms with Crippen molar-refractivity contribution in [3.63, 3.8) is 0 Å². The number of esters is 1. The van der Waals surface area contributed by atoms with Crippen LogP contribution in [0.5, 0.6) is 5.75 Å². The fourth-order valence-electron chi connectivity index (χ4n) is 2.61. The zero-order chi connectivity index (χ0) is 15.9. The molecule has 1 heterocycles. The Labute approximate surface area is 130 Å². The van der Waals surface area contributed by atoms with Crippen molar-refractivity contribution in [2.24, 2.45) is 0 Å². The quantitative estimate of drug-likeness (QED) is 0.872. The van der Waals surface area contributed by atoms with E-state index in [4.69, 9.17) is 4.74 Å². The third-order valence-electron chi connectivity index (χ3n) is 3.91. The number of rotatable bonds is 3. The minimum atomic E-state index is -0.669. The van der Waals surface area contributed by atoms with Crippen molar-refractivity contribution in [2.45, 2.75) is 39.0 Å². The summed E-state index contributed by atoms with van der Waals surface area (Å²) in [5.74, 6) is -0.955. The molecule has 1 aliphatic rings. The van der Waals surface area contributed by atoms with Gasteiger partial charge in [-0.1, -0.05) is 25.3 Å². The SMILES string of the molecule is Cc1ccc(C(=O)OCC(=O)N2CCCCCCC2)c(O)c1. The van der Waals surface area contributed by atoms with E-state index in [2.05, 4.69) is 0 Å². The van der Waals surface area contributed by atoms with Gasteiger partial charge in [-0.25, -0.2) is 4.79 Å².